The highest BCUT2D eigenvalue weighted by atomic mass is 32.1. The molecule has 1 aromatic rings. The Balaban J connectivity index is 2.51. The number of amides is 1. The number of aryl methyl sites for hydroxylation is 1. The lowest BCUT2D eigenvalue weighted by atomic mass is 10.2. The summed E-state index contributed by atoms with van der Waals surface area (Å²) in [6.07, 6.45) is 0. The summed E-state index contributed by atoms with van der Waals surface area (Å²) in [5, 5.41) is 9.09. The van der Waals surface area contributed by atoms with E-state index in [-0.39, 0.29) is 18.0 Å². The Hall–Kier alpha value is -0.940. The number of carbonyl (C=O) groups is 1. The molecule has 1 aromatic heterocycles. The number of rotatable bonds is 5. The number of hydrogen-bond donors (Lipinski definition) is 2. The number of carbonyl (C=O) groups excluding carboxylic acids is 1. The van der Waals surface area contributed by atoms with E-state index in [9.17, 15) is 4.79 Å². The zero-order chi connectivity index (χ0) is 12.1. The molecule has 2 atom stereocenters. The van der Waals surface area contributed by atoms with Crippen LogP contribution < -0.4 is 10.6 Å². The Labute approximate surface area is 100 Å². The molecule has 0 radical (unpaired) electrons. The van der Waals surface area contributed by atoms with E-state index in [0.29, 0.717) is 6.54 Å². The van der Waals surface area contributed by atoms with Crippen molar-refractivity contribution < 1.29 is 4.79 Å². The predicted octanol–water partition coefficient (Wildman–Crippen LogP) is 1.63. The van der Waals surface area contributed by atoms with E-state index < -0.39 is 0 Å². The molecule has 2 unspecified atom stereocenters. The van der Waals surface area contributed by atoms with Crippen LogP contribution in [0.1, 0.15) is 37.5 Å². The van der Waals surface area contributed by atoms with Gasteiger partial charge in [0.05, 0.1) is 16.7 Å². The highest BCUT2D eigenvalue weighted by molar-refractivity contribution is 7.09. The van der Waals surface area contributed by atoms with Crippen molar-refractivity contribution in [3.8, 4) is 0 Å². The first-order chi connectivity index (χ1) is 7.54. The van der Waals surface area contributed by atoms with E-state index >= 15 is 0 Å². The molecule has 0 spiro atoms. The molecule has 4 nitrogen and oxygen atoms in total. The molecule has 16 heavy (non-hydrogen) atoms. The molecular weight excluding hydrogens is 222 g/mol. The maximum absolute atomic E-state index is 11.5. The predicted molar refractivity (Wildman–Crippen MR) is 66.5 cm³/mol. The summed E-state index contributed by atoms with van der Waals surface area (Å²) >= 11 is 1.63. The van der Waals surface area contributed by atoms with E-state index in [0.717, 1.165) is 10.7 Å². The standard InChI is InChI=1S/C11H19N3OS/c1-5-12-11(15)8(3)13-7(2)10-6-16-9(4)14-10/h6-8,13H,5H2,1-4H3,(H,12,15). The molecule has 2 N–H and O–H groups in total. The maximum Gasteiger partial charge on any atom is 0.236 e. The largest absolute Gasteiger partial charge is 0.355 e. The van der Waals surface area contributed by atoms with Crippen molar-refractivity contribution in [3.05, 3.63) is 16.1 Å². The van der Waals surface area contributed by atoms with Gasteiger partial charge >= 0.3 is 0 Å². The summed E-state index contributed by atoms with van der Waals surface area (Å²) in [6, 6.07) is -0.0977. The van der Waals surface area contributed by atoms with Gasteiger partial charge in [-0.05, 0) is 27.7 Å². The molecule has 0 aromatic carbocycles. The van der Waals surface area contributed by atoms with E-state index in [1.165, 1.54) is 0 Å². The lowest BCUT2D eigenvalue weighted by Crippen LogP contribution is -2.43. The van der Waals surface area contributed by atoms with Crippen LogP contribution in [0.3, 0.4) is 0 Å². The lowest BCUT2D eigenvalue weighted by Gasteiger charge is -2.17. The van der Waals surface area contributed by atoms with E-state index in [1.807, 2.05) is 33.1 Å². The SMILES string of the molecule is CCNC(=O)C(C)NC(C)c1csc(C)n1. The molecule has 5 heteroatoms. The second kappa shape index (κ2) is 5.96. The second-order valence-corrected chi connectivity index (χ2v) is 4.86. The Morgan fingerprint density at radius 2 is 2.25 bits per heavy atom. The van der Waals surface area contributed by atoms with Crippen LogP contribution in [0.15, 0.2) is 5.38 Å². The Kier molecular flexibility index (Phi) is 4.89. The smallest absolute Gasteiger partial charge is 0.236 e. The first kappa shape index (κ1) is 13.1. The third kappa shape index (κ3) is 3.57. The fourth-order valence-electron chi connectivity index (χ4n) is 1.44. The topological polar surface area (TPSA) is 54.0 Å². The van der Waals surface area contributed by atoms with Gasteiger partial charge in [-0.2, -0.15) is 0 Å². The third-order valence-corrected chi connectivity index (χ3v) is 3.12. The van der Waals surface area contributed by atoms with Crippen molar-refractivity contribution >= 4 is 17.2 Å². The van der Waals surface area contributed by atoms with Crippen LogP contribution in [0.25, 0.3) is 0 Å². The van der Waals surface area contributed by atoms with Gasteiger partial charge in [0, 0.05) is 18.0 Å². The molecule has 0 saturated carbocycles. The van der Waals surface area contributed by atoms with Gasteiger partial charge in [0.25, 0.3) is 0 Å². The second-order valence-electron chi connectivity index (χ2n) is 3.80. The minimum atomic E-state index is -0.197. The monoisotopic (exact) mass is 241 g/mol. The zero-order valence-electron chi connectivity index (χ0n) is 10.2. The minimum Gasteiger partial charge on any atom is -0.355 e. The summed E-state index contributed by atoms with van der Waals surface area (Å²) in [4.78, 5) is 15.9. The Bertz CT molecular complexity index is 351. The van der Waals surface area contributed by atoms with Crippen LogP contribution >= 0.6 is 11.3 Å². The number of likely N-dealkylation sites (N-methyl/N-ethyl adjacent to an activating group) is 1. The maximum atomic E-state index is 11.5. The fraction of sp³-hybridized carbons (Fsp3) is 0.636. The zero-order valence-corrected chi connectivity index (χ0v) is 11.0. The van der Waals surface area contributed by atoms with E-state index in [4.69, 9.17) is 0 Å². The third-order valence-electron chi connectivity index (χ3n) is 2.32. The quantitative estimate of drug-likeness (QED) is 0.824. The van der Waals surface area contributed by atoms with Crippen LogP contribution in [0, 0.1) is 6.92 Å². The molecule has 0 fully saturated rings. The van der Waals surface area contributed by atoms with Crippen LogP contribution in [0.2, 0.25) is 0 Å². The Morgan fingerprint density at radius 1 is 1.56 bits per heavy atom. The number of nitrogens with zero attached hydrogens (tertiary/aromatic N) is 1. The number of hydrogen-bond acceptors (Lipinski definition) is 4. The highest BCUT2D eigenvalue weighted by Gasteiger charge is 2.16. The minimum absolute atomic E-state index is 0.0290. The van der Waals surface area contributed by atoms with Gasteiger partial charge in [-0.1, -0.05) is 0 Å². The van der Waals surface area contributed by atoms with Gasteiger partial charge in [0.1, 0.15) is 0 Å². The molecule has 0 bridgehead atoms. The first-order valence-corrected chi connectivity index (χ1v) is 6.38. The summed E-state index contributed by atoms with van der Waals surface area (Å²) in [5.41, 5.74) is 0.999. The van der Waals surface area contributed by atoms with Crippen molar-refractivity contribution in [2.24, 2.45) is 0 Å². The summed E-state index contributed by atoms with van der Waals surface area (Å²) in [7, 11) is 0. The van der Waals surface area contributed by atoms with Crippen LogP contribution in [0.4, 0.5) is 0 Å². The van der Waals surface area contributed by atoms with Crippen LogP contribution in [-0.4, -0.2) is 23.5 Å². The van der Waals surface area contributed by atoms with Crippen molar-refractivity contribution in [2.45, 2.75) is 39.8 Å². The van der Waals surface area contributed by atoms with E-state index in [1.54, 1.807) is 11.3 Å². The summed E-state index contributed by atoms with van der Waals surface area (Å²) in [6.45, 7) is 8.44. The molecule has 0 aliphatic rings. The molecular formula is C11H19N3OS. The molecule has 0 aliphatic carbocycles. The number of thiazole rings is 1. The van der Waals surface area contributed by atoms with Crippen LogP contribution in [0.5, 0.6) is 0 Å². The Morgan fingerprint density at radius 3 is 2.75 bits per heavy atom. The first-order valence-electron chi connectivity index (χ1n) is 5.50. The summed E-state index contributed by atoms with van der Waals surface area (Å²) in [5.74, 6) is 0.0290. The lowest BCUT2D eigenvalue weighted by molar-refractivity contribution is -0.122. The van der Waals surface area contributed by atoms with Crippen LogP contribution in [-0.2, 0) is 4.79 Å². The van der Waals surface area contributed by atoms with E-state index in [2.05, 4.69) is 15.6 Å². The molecule has 1 amide bonds. The molecule has 90 valence electrons. The average Bonchev–Trinajstić information content (AvgIpc) is 2.65. The van der Waals surface area contributed by atoms with Gasteiger partial charge in [-0.15, -0.1) is 11.3 Å². The van der Waals surface area contributed by atoms with Gasteiger partial charge in [0.2, 0.25) is 5.91 Å². The normalized spacial score (nSPS) is 14.5. The van der Waals surface area contributed by atoms with Gasteiger partial charge in [0.15, 0.2) is 0 Å². The molecule has 0 aliphatic heterocycles. The van der Waals surface area contributed by atoms with Crippen molar-refractivity contribution in [2.75, 3.05) is 6.54 Å². The highest BCUT2D eigenvalue weighted by Crippen LogP contribution is 2.15. The van der Waals surface area contributed by atoms with Gasteiger partial charge in [-0.3, -0.25) is 10.1 Å². The number of nitrogens with one attached hydrogen (secondary N) is 2. The van der Waals surface area contributed by atoms with Gasteiger partial charge < -0.3 is 5.32 Å². The van der Waals surface area contributed by atoms with Gasteiger partial charge in [-0.25, -0.2) is 4.98 Å². The summed E-state index contributed by atoms with van der Waals surface area (Å²) < 4.78 is 0. The van der Waals surface area contributed by atoms with Crippen molar-refractivity contribution in [1.82, 2.24) is 15.6 Å². The number of aromatic nitrogens is 1. The molecule has 1 rings (SSSR count). The molecule has 1 heterocycles. The molecule has 0 saturated heterocycles. The van der Waals surface area contributed by atoms with Crippen molar-refractivity contribution in [1.29, 1.82) is 0 Å². The fourth-order valence-corrected chi connectivity index (χ4v) is 2.15. The average molecular weight is 241 g/mol. The van der Waals surface area contributed by atoms with Crippen molar-refractivity contribution in [3.63, 3.8) is 0 Å².